The van der Waals surface area contributed by atoms with E-state index in [-0.39, 0.29) is 5.69 Å². The molecule has 7 heteroatoms. The molecule has 1 aromatic heterocycles. The first-order valence-corrected chi connectivity index (χ1v) is 6.43. The van der Waals surface area contributed by atoms with Crippen LogP contribution in [0.1, 0.15) is 20.3 Å². The monoisotopic (exact) mass is 255 g/mol. The molecular weight excluding hydrogens is 238 g/mol. The number of nitrogens with one attached hydrogen (secondary N) is 2. The lowest BCUT2D eigenvalue weighted by Crippen LogP contribution is -2.40. The van der Waals surface area contributed by atoms with Gasteiger partial charge in [-0.25, -0.2) is 9.89 Å². The molecule has 17 heavy (non-hydrogen) atoms. The summed E-state index contributed by atoms with van der Waals surface area (Å²) < 4.78 is 1.60. The predicted molar refractivity (Wildman–Crippen MR) is 66.9 cm³/mol. The van der Waals surface area contributed by atoms with Gasteiger partial charge in [0, 0.05) is 12.3 Å². The Labute approximate surface area is 104 Å². The van der Waals surface area contributed by atoms with E-state index in [2.05, 4.69) is 21.6 Å². The molecule has 0 saturated heterocycles. The standard InChI is InChI=1S/C10H17N5OS/c1-4-5-15-8(16)13-14-9(15)17-7-10(2,6-11)12-3/h12H,4-5,7H2,1-3H3,(H,13,16). The zero-order valence-electron chi connectivity index (χ0n) is 10.3. The highest BCUT2D eigenvalue weighted by Crippen LogP contribution is 2.19. The van der Waals surface area contributed by atoms with Crippen molar-refractivity contribution in [2.24, 2.45) is 0 Å². The summed E-state index contributed by atoms with van der Waals surface area (Å²) in [6.45, 7) is 4.45. The second-order valence-electron chi connectivity index (χ2n) is 3.95. The molecule has 6 nitrogen and oxygen atoms in total. The molecule has 0 spiro atoms. The van der Waals surface area contributed by atoms with Crippen molar-refractivity contribution in [3.8, 4) is 6.07 Å². The molecule has 0 aliphatic heterocycles. The van der Waals surface area contributed by atoms with E-state index >= 15 is 0 Å². The summed E-state index contributed by atoms with van der Waals surface area (Å²) in [5, 5.41) is 19.0. The SMILES string of the molecule is CCCn1c(SCC(C)(C#N)NC)n[nH]c1=O. The predicted octanol–water partition coefficient (Wildman–Crippen LogP) is 0.575. The average molecular weight is 255 g/mol. The van der Waals surface area contributed by atoms with Gasteiger partial charge in [-0.15, -0.1) is 5.10 Å². The van der Waals surface area contributed by atoms with Crippen molar-refractivity contribution < 1.29 is 0 Å². The van der Waals surface area contributed by atoms with Gasteiger partial charge < -0.3 is 5.32 Å². The Morgan fingerprint density at radius 2 is 2.41 bits per heavy atom. The maximum Gasteiger partial charge on any atom is 0.343 e. The van der Waals surface area contributed by atoms with Crippen LogP contribution in [0.3, 0.4) is 0 Å². The van der Waals surface area contributed by atoms with Crippen molar-refractivity contribution in [2.45, 2.75) is 37.5 Å². The number of hydrogen-bond acceptors (Lipinski definition) is 5. The number of aromatic amines is 1. The number of aromatic nitrogens is 3. The van der Waals surface area contributed by atoms with E-state index in [1.807, 2.05) is 13.8 Å². The van der Waals surface area contributed by atoms with Crippen LogP contribution < -0.4 is 11.0 Å². The molecule has 1 rings (SSSR count). The fourth-order valence-electron chi connectivity index (χ4n) is 1.20. The molecule has 94 valence electrons. The smallest absolute Gasteiger partial charge is 0.302 e. The number of thioether (sulfide) groups is 1. The normalized spacial score (nSPS) is 14.2. The van der Waals surface area contributed by atoms with Crippen molar-refractivity contribution in [1.29, 1.82) is 5.26 Å². The van der Waals surface area contributed by atoms with Gasteiger partial charge in [-0.2, -0.15) is 5.26 Å². The van der Waals surface area contributed by atoms with Gasteiger partial charge in [-0.05, 0) is 20.4 Å². The third kappa shape index (κ3) is 3.35. The van der Waals surface area contributed by atoms with Crippen molar-refractivity contribution >= 4 is 11.8 Å². The van der Waals surface area contributed by atoms with Crippen molar-refractivity contribution in [3.63, 3.8) is 0 Å². The molecule has 0 aliphatic rings. The van der Waals surface area contributed by atoms with E-state index < -0.39 is 5.54 Å². The number of rotatable bonds is 6. The van der Waals surface area contributed by atoms with E-state index in [0.29, 0.717) is 17.5 Å². The molecule has 0 bridgehead atoms. The summed E-state index contributed by atoms with van der Waals surface area (Å²) in [7, 11) is 1.74. The Balaban J connectivity index is 2.76. The fraction of sp³-hybridized carbons (Fsp3) is 0.700. The highest BCUT2D eigenvalue weighted by molar-refractivity contribution is 7.99. The second-order valence-corrected chi connectivity index (χ2v) is 4.89. The highest BCUT2D eigenvalue weighted by atomic mass is 32.2. The van der Waals surface area contributed by atoms with Gasteiger partial charge in [-0.1, -0.05) is 18.7 Å². The first-order chi connectivity index (χ1) is 8.06. The summed E-state index contributed by atoms with van der Waals surface area (Å²) in [4.78, 5) is 11.4. The Morgan fingerprint density at radius 1 is 1.71 bits per heavy atom. The lowest BCUT2D eigenvalue weighted by molar-refractivity contribution is 0.547. The largest absolute Gasteiger partial charge is 0.343 e. The Bertz CT molecular complexity index is 460. The van der Waals surface area contributed by atoms with Crippen LogP contribution in [-0.2, 0) is 6.54 Å². The Kier molecular flexibility index (Phi) is 4.78. The summed E-state index contributed by atoms with van der Waals surface area (Å²) in [6, 6.07) is 2.20. The van der Waals surface area contributed by atoms with Crippen LogP contribution in [0.4, 0.5) is 0 Å². The summed E-state index contributed by atoms with van der Waals surface area (Å²) in [5.74, 6) is 0.536. The molecule has 1 unspecified atom stereocenters. The summed E-state index contributed by atoms with van der Waals surface area (Å²) >= 11 is 1.40. The lowest BCUT2D eigenvalue weighted by atomic mass is 10.1. The van der Waals surface area contributed by atoms with Crippen molar-refractivity contribution in [2.75, 3.05) is 12.8 Å². The maximum absolute atomic E-state index is 11.4. The molecule has 2 N–H and O–H groups in total. The van der Waals surface area contributed by atoms with Gasteiger partial charge in [0.15, 0.2) is 5.16 Å². The average Bonchev–Trinajstić information content (AvgIpc) is 2.69. The molecule has 0 aliphatic carbocycles. The number of hydrogen-bond donors (Lipinski definition) is 2. The number of H-pyrrole nitrogens is 1. The fourth-order valence-corrected chi connectivity index (χ4v) is 2.27. The molecule has 0 fully saturated rings. The first kappa shape index (κ1) is 13.8. The van der Waals surface area contributed by atoms with E-state index in [9.17, 15) is 4.79 Å². The van der Waals surface area contributed by atoms with E-state index in [1.54, 1.807) is 11.6 Å². The van der Waals surface area contributed by atoms with E-state index in [1.165, 1.54) is 11.8 Å². The maximum atomic E-state index is 11.4. The summed E-state index contributed by atoms with van der Waals surface area (Å²) in [6.07, 6.45) is 0.870. The molecule has 1 heterocycles. The molecule has 0 amide bonds. The molecule has 0 saturated carbocycles. The highest BCUT2D eigenvalue weighted by Gasteiger charge is 2.22. The quantitative estimate of drug-likeness (QED) is 0.726. The van der Waals surface area contributed by atoms with Gasteiger partial charge in [0.25, 0.3) is 0 Å². The molecule has 1 aromatic rings. The topological polar surface area (TPSA) is 86.5 Å². The molecule has 1 atom stereocenters. The summed E-state index contributed by atoms with van der Waals surface area (Å²) in [5.41, 5.74) is -0.811. The van der Waals surface area contributed by atoms with Gasteiger partial charge in [-0.3, -0.25) is 4.57 Å². The van der Waals surface area contributed by atoms with Gasteiger partial charge in [0.05, 0.1) is 6.07 Å². The van der Waals surface area contributed by atoms with Crippen LogP contribution in [0.2, 0.25) is 0 Å². The van der Waals surface area contributed by atoms with Crippen LogP contribution >= 0.6 is 11.8 Å². The Morgan fingerprint density at radius 3 is 2.94 bits per heavy atom. The van der Waals surface area contributed by atoms with Crippen molar-refractivity contribution in [1.82, 2.24) is 20.1 Å². The lowest BCUT2D eigenvalue weighted by Gasteiger charge is -2.19. The van der Waals surface area contributed by atoms with Crippen LogP contribution in [0.5, 0.6) is 0 Å². The van der Waals surface area contributed by atoms with Crippen LogP contribution in [0, 0.1) is 11.3 Å². The first-order valence-electron chi connectivity index (χ1n) is 5.44. The zero-order valence-corrected chi connectivity index (χ0v) is 11.1. The third-order valence-electron chi connectivity index (χ3n) is 2.46. The van der Waals surface area contributed by atoms with Gasteiger partial charge in [0.2, 0.25) is 0 Å². The minimum Gasteiger partial charge on any atom is -0.302 e. The van der Waals surface area contributed by atoms with Crippen LogP contribution in [-0.4, -0.2) is 33.1 Å². The second kappa shape index (κ2) is 5.89. The number of nitrogens with zero attached hydrogens (tertiary/aromatic N) is 3. The zero-order chi connectivity index (χ0) is 12.9. The van der Waals surface area contributed by atoms with Gasteiger partial charge in [0.1, 0.15) is 5.54 Å². The molecule has 0 aromatic carbocycles. The minimum absolute atomic E-state index is 0.197. The molecule has 0 radical (unpaired) electrons. The van der Waals surface area contributed by atoms with E-state index in [4.69, 9.17) is 5.26 Å². The number of nitriles is 1. The van der Waals surface area contributed by atoms with Crippen LogP contribution in [0.15, 0.2) is 9.95 Å². The minimum atomic E-state index is -0.614. The van der Waals surface area contributed by atoms with E-state index in [0.717, 1.165) is 6.42 Å². The third-order valence-corrected chi connectivity index (χ3v) is 3.75. The van der Waals surface area contributed by atoms with Crippen LogP contribution in [0.25, 0.3) is 0 Å². The molecular formula is C10H17N5OS. The van der Waals surface area contributed by atoms with Gasteiger partial charge >= 0.3 is 5.69 Å². The Hall–Kier alpha value is -1.26. The van der Waals surface area contributed by atoms with Crippen molar-refractivity contribution in [3.05, 3.63) is 10.5 Å².